The number of ketones is 1. The van der Waals surface area contributed by atoms with Crippen LogP contribution in [0, 0.1) is 5.92 Å². The van der Waals surface area contributed by atoms with Gasteiger partial charge in [0.15, 0.2) is 5.78 Å². The summed E-state index contributed by atoms with van der Waals surface area (Å²) in [6, 6.07) is 5.62. The van der Waals surface area contributed by atoms with Crippen LogP contribution in [0.4, 0.5) is 0 Å². The zero-order valence-electron chi connectivity index (χ0n) is 14.7. The highest BCUT2D eigenvalue weighted by Gasteiger charge is 2.22. The number of hydrogen-bond donors (Lipinski definition) is 1. The van der Waals surface area contributed by atoms with E-state index in [0.29, 0.717) is 41.1 Å². The Morgan fingerprint density at radius 2 is 2.19 bits per heavy atom. The molecule has 0 heterocycles. The number of thioether (sulfide) groups is 1. The van der Waals surface area contributed by atoms with Crippen molar-refractivity contribution in [1.82, 2.24) is 0 Å². The van der Waals surface area contributed by atoms with Crippen LogP contribution in [-0.2, 0) is 9.63 Å². The maximum atomic E-state index is 12.4. The molecular weight excluding hydrogens is 393 g/mol. The Morgan fingerprint density at radius 3 is 2.85 bits per heavy atom. The number of rotatable bonds is 9. The summed E-state index contributed by atoms with van der Waals surface area (Å²) in [5.74, 6) is 1.41. The molecule has 0 aliphatic heterocycles. The highest BCUT2D eigenvalue weighted by Crippen LogP contribution is 2.31. The van der Waals surface area contributed by atoms with Crippen LogP contribution < -0.4 is 0 Å². The Morgan fingerprint density at radius 1 is 1.38 bits per heavy atom. The molecule has 1 aliphatic rings. The summed E-state index contributed by atoms with van der Waals surface area (Å²) in [5.41, 5.74) is 1.21. The molecule has 142 valence electrons. The zero-order chi connectivity index (χ0) is 18.9. The van der Waals surface area contributed by atoms with Crippen molar-refractivity contribution in [3.05, 3.63) is 39.9 Å². The lowest BCUT2D eigenvalue weighted by Gasteiger charge is -2.21. The molecule has 1 atom stereocenters. The predicted octanol–water partition coefficient (Wildman–Crippen LogP) is 5.16. The Labute approximate surface area is 168 Å². The Kier molecular flexibility index (Phi) is 8.99. The van der Waals surface area contributed by atoms with Gasteiger partial charge in [-0.05, 0) is 55.2 Å². The first kappa shape index (κ1) is 21.3. The fourth-order valence-electron chi connectivity index (χ4n) is 2.69. The molecule has 0 bridgehead atoms. The lowest BCUT2D eigenvalue weighted by atomic mass is 9.85. The topological polar surface area (TPSA) is 58.9 Å². The molecule has 1 aliphatic carbocycles. The normalized spacial score (nSPS) is 18.0. The van der Waals surface area contributed by atoms with Crippen molar-refractivity contribution in [1.29, 1.82) is 0 Å². The summed E-state index contributed by atoms with van der Waals surface area (Å²) in [5, 5.41) is 14.3. The number of allylic oxidation sites excluding steroid dienone is 2. The van der Waals surface area contributed by atoms with Crippen molar-refractivity contribution in [2.75, 3.05) is 19.0 Å². The lowest BCUT2D eigenvalue weighted by Crippen LogP contribution is -2.19. The SMILES string of the molecule is CCON=C(CO)CC1=CCC(CCSc2ccc(Cl)c(Cl)c2)CC1=O. The van der Waals surface area contributed by atoms with Gasteiger partial charge in [0.25, 0.3) is 0 Å². The molecule has 7 heteroatoms. The third kappa shape index (κ3) is 6.62. The van der Waals surface area contributed by atoms with E-state index in [1.165, 1.54) is 0 Å². The third-order valence-corrected chi connectivity index (χ3v) is 5.88. The maximum absolute atomic E-state index is 12.4. The minimum atomic E-state index is -0.200. The number of hydrogen-bond acceptors (Lipinski definition) is 5. The molecule has 4 nitrogen and oxygen atoms in total. The summed E-state index contributed by atoms with van der Waals surface area (Å²) >= 11 is 13.7. The highest BCUT2D eigenvalue weighted by molar-refractivity contribution is 7.99. The minimum absolute atomic E-state index is 0.137. The summed E-state index contributed by atoms with van der Waals surface area (Å²) < 4.78 is 0. The average Bonchev–Trinajstić information content (AvgIpc) is 2.63. The third-order valence-electron chi connectivity index (χ3n) is 4.12. The smallest absolute Gasteiger partial charge is 0.159 e. The van der Waals surface area contributed by atoms with Gasteiger partial charge in [0.2, 0.25) is 0 Å². The molecule has 1 aromatic carbocycles. The van der Waals surface area contributed by atoms with Gasteiger partial charge in [0.1, 0.15) is 6.61 Å². The van der Waals surface area contributed by atoms with Crippen LogP contribution in [0.25, 0.3) is 0 Å². The molecule has 0 fully saturated rings. The Bertz CT molecular complexity index is 691. The number of aliphatic hydroxyl groups excluding tert-OH is 1. The van der Waals surface area contributed by atoms with Crippen molar-refractivity contribution < 1.29 is 14.7 Å². The molecule has 1 N–H and O–H groups in total. The molecule has 0 radical (unpaired) electrons. The second-order valence-corrected chi connectivity index (χ2v) is 8.06. The van der Waals surface area contributed by atoms with Crippen LogP contribution >= 0.6 is 35.0 Å². The monoisotopic (exact) mass is 415 g/mol. The first-order valence-electron chi connectivity index (χ1n) is 8.62. The van der Waals surface area contributed by atoms with Crippen molar-refractivity contribution in [3.63, 3.8) is 0 Å². The van der Waals surface area contributed by atoms with Gasteiger partial charge in [-0.2, -0.15) is 0 Å². The van der Waals surface area contributed by atoms with E-state index in [2.05, 4.69) is 5.16 Å². The molecule has 0 saturated heterocycles. The number of oxime groups is 1. The second-order valence-electron chi connectivity index (χ2n) is 6.08. The number of benzene rings is 1. The molecule has 0 amide bonds. The van der Waals surface area contributed by atoms with Crippen molar-refractivity contribution in [2.45, 2.75) is 37.5 Å². The van der Waals surface area contributed by atoms with Crippen LogP contribution in [0.15, 0.2) is 39.9 Å². The Hall–Kier alpha value is -1.01. The lowest BCUT2D eigenvalue weighted by molar-refractivity contribution is -0.116. The molecule has 2 rings (SSSR count). The van der Waals surface area contributed by atoms with Crippen LogP contribution in [0.3, 0.4) is 0 Å². The maximum Gasteiger partial charge on any atom is 0.159 e. The summed E-state index contributed by atoms with van der Waals surface area (Å²) in [4.78, 5) is 18.4. The average molecular weight is 416 g/mol. The molecule has 0 saturated carbocycles. The van der Waals surface area contributed by atoms with Crippen LogP contribution in [0.1, 0.15) is 32.6 Å². The molecule has 1 aromatic rings. The minimum Gasteiger partial charge on any atom is -0.396 e. The Balaban J connectivity index is 1.82. The van der Waals surface area contributed by atoms with E-state index in [-0.39, 0.29) is 12.4 Å². The number of aliphatic hydroxyl groups is 1. The van der Waals surface area contributed by atoms with Gasteiger partial charge in [-0.1, -0.05) is 34.4 Å². The number of halogens is 2. The number of Topliss-reactive ketones (excluding diaryl/α,β-unsaturated/α-hetero) is 1. The molecular formula is C19H23Cl2NO3S. The van der Waals surface area contributed by atoms with Crippen LogP contribution in [-0.4, -0.2) is 35.6 Å². The van der Waals surface area contributed by atoms with Gasteiger partial charge in [-0.3, -0.25) is 4.79 Å². The van der Waals surface area contributed by atoms with Crippen LogP contribution in [0.5, 0.6) is 0 Å². The molecule has 0 spiro atoms. The van der Waals surface area contributed by atoms with E-state index in [1.807, 2.05) is 25.1 Å². The molecule has 26 heavy (non-hydrogen) atoms. The van der Waals surface area contributed by atoms with E-state index < -0.39 is 0 Å². The highest BCUT2D eigenvalue weighted by atomic mass is 35.5. The fourth-order valence-corrected chi connectivity index (χ4v) is 4.11. The molecule has 1 unspecified atom stereocenters. The van der Waals surface area contributed by atoms with E-state index >= 15 is 0 Å². The van der Waals surface area contributed by atoms with Crippen LogP contribution in [0.2, 0.25) is 10.0 Å². The summed E-state index contributed by atoms with van der Waals surface area (Å²) in [6.45, 7) is 2.06. The zero-order valence-corrected chi connectivity index (χ0v) is 17.0. The summed E-state index contributed by atoms with van der Waals surface area (Å²) in [6.07, 6.45) is 4.72. The number of carbonyl (C=O) groups is 1. The van der Waals surface area contributed by atoms with E-state index in [0.717, 1.165) is 29.1 Å². The van der Waals surface area contributed by atoms with Crippen molar-refractivity contribution >= 4 is 46.5 Å². The number of carbonyl (C=O) groups excluding carboxylic acids is 1. The van der Waals surface area contributed by atoms with Gasteiger partial charge in [0, 0.05) is 17.7 Å². The summed E-state index contributed by atoms with van der Waals surface area (Å²) in [7, 11) is 0. The van der Waals surface area contributed by atoms with E-state index in [9.17, 15) is 9.90 Å². The number of nitrogens with zero attached hydrogens (tertiary/aromatic N) is 1. The molecule has 0 aromatic heterocycles. The second kappa shape index (κ2) is 11.0. The van der Waals surface area contributed by atoms with E-state index in [4.69, 9.17) is 28.0 Å². The van der Waals surface area contributed by atoms with Gasteiger partial charge in [-0.25, -0.2) is 0 Å². The quantitative estimate of drug-likeness (QED) is 0.343. The fraction of sp³-hybridized carbons (Fsp3) is 0.474. The van der Waals surface area contributed by atoms with Gasteiger partial charge < -0.3 is 9.94 Å². The first-order chi connectivity index (χ1) is 12.5. The first-order valence-corrected chi connectivity index (χ1v) is 10.4. The van der Waals surface area contributed by atoms with Crippen molar-refractivity contribution in [3.8, 4) is 0 Å². The van der Waals surface area contributed by atoms with Gasteiger partial charge in [0.05, 0.1) is 22.4 Å². The van der Waals surface area contributed by atoms with Gasteiger partial charge >= 0.3 is 0 Å². The largest absolute Gasteiger partial charge is 0.396 e. The standard InChI is InChI=1S/C19H23Cl2NO3S/c1-2-25-22-15(12-23)10-14-4-3-13(9-19(14)24)7-8-26-16-5-6-17(20)18(21)11-16/h4-6,11,13,23H,2-3,7-10,12H2,1H3. The predicted molar refractivity (Wildman–Crippen MR) is 108 cm³/mol. The van der Waals surface area contributed by atoms with E-state index in [1.54, 1.807) is 17.8 Å². The van der Waals surface area contributed by atoms with Crippen molar-refractivity contribution in [2.24, 2.45) is 11.1 Å². The van der Waals surface area contributed by atoms with Gasteiger partial charge in [-0.15, -0.1) is 11.8 Å².